The van der Waals surface area contributed by atoms with Crippen molar-refractivity contribution in [2.24, 2.45) is 5.10 Å². The third-order valence-electron chi connectivity index (χ3n) is 4.08. The highest BCUT2D eigenvalue weighted by molar-refractivity contribution is 7.18. The number of anilines is 1. The van der Waals surface area contributed by atoms with Crippen LogP contribution in [0.3, 0.4) is 0 Å². The van der Waals surface area contributed by atoms with Gasteiger partial charge in [-0.2, -0.15) is 5.10 Å². The molecule has 3 rings (SSSR count). The molecule has 0 unspecified atom stereocenters. The highest BCUT2D eigenvalue weighted by Crippen LogP contribution is 2.34. The first kappa shape index (κ1) is 17.9. The summed E-state index contributed by atoms with van der Waals surface area (Å²) in [6.45, 7) is 4.13. The van der Waals surface area contributed by atoms with Crippen LogP contribution >= 0.6 is 11.3 Å². The topological polar surface area (TPSA) is 77.9 Å². The molecule has 0 aliphatic heterocycles. The summed E-state index contributed by atoms with van der Waals surface area (Å²) in [5, 5.41) is 5.31. The monoisotopic (exact) mass is 372 g/mol. The van der Waals surface area contributed by atoms with E-state index < -0.39 is 0 Å². The maximum Gasteiger partial charge on any atom is 0.158 e. The number of ether oxygens (including phenoxy) is 3. The minimum atomic E-state index is 0.599. The number of aromatic nitrogens is 2. The fourth-order valence-electron chi connectivity index (χ4n) is 2.59. The molecule has 2 aromatic heterocycles. The van der Waals surface area contributed by atoms with Gasteiger partial charge >= 0.3 is 0 Å². The molecule has 26 heavy (non-hydrogen) atoms. The van der Waals surface area contributed by atoms with Gasteiger partial charge in [0.05, 0.1) is 38.5 Å². The van der Waals surface area contributed by atoms with Crippen LogP contribution in [-0.2, 0) is 0 Å². The van der Waals surface area contributed by atoms with E-state index in [0.29, 0.717) is 28.6 Å². The van der Waals surface area contributed by atoms with Crippen LogP contribution < -0.4 is 19.6 Å². The molecule has 8 heteroatoms. The van der Waals surface area contributed by atoms with E-state index in [2.05, 4.69) is 34.3 Å². The second-order valence-electron chi connectivity index (χ2n) is 5.50. The summed E-state index contributed by atoms with van der Waals surface area (Å²) in [5.41, 5.74) is 4.86. The van der Waals surface area contributed by atoms with Crippen LogP contribution in [-0.4, -0.2) is 37.5 Å². The standard InChI is InChI=1S/C18H20N4O3S/c1-10-11(2)26-18-16(10)17(19-9-20-18)22-21-8-13-14(24-4)6-12(23-3)7-15(13)25-5/h6-9H,1-5H3,(H,19,20,22)/b21-8-. The molecular weight excluding hydrogens is 352 g/mol. The number of benzene rings is 1. The molecule has 0 saturated carbocycles. The van der Waals surface area contributed by atoms with Gasteiger partial charge in [0.15, 0.2) is 5.82 Å². The lowest BCUT2D eigenvalue weighted by atomic mass is 10.2. The molecule has 1 aromatic carbocycles. The van der Waals surface area contributed by atoms with Crippen molar-refractivity contribution in [1.82, 2.24) is 9.97 Å². The van der Waals surface area contributed by atoms with Crippen molar-refractivity contribution in [1.29, 1.82) is 0 Å². The summed E-state index contributed by atoms with van der Waals surface area (Å²) in [6.07, 6.45) is 3.17. The van der Waals surface area contributed by atoms with Crippen LogP contribution in [0.5, 0.6) is 17.2 Å². The van der Waals surface area contributed by atoms with Crippen molar-refractivity contribution in [3.63, 3.8) is 0 Å². The normalized spacial score (nSPS) is 11.1. The summed E-state index contributed by atoms with van der Waals surface area (Å²) >= 11 is 1.64. The Balaban J connectivity index is 1.95. The van der Waals surface area contributed by atoms with E-state index in [4.69, 9.17) is 14.2 Å². The molecule has 2 heterocycles. The van der Waals surface area contributed by atoms with Crippen LogP contribution in [0.4, 0.5) is 5.82 Å². The Hall–Kier alpha value is -2.87. The van der Waals surface area contributed by atoms with Gasteiger partial charge in [0, 0.05) is 17.0 Å². The first-order valence-corrected chi connectivity index (χ1v) is 8.70. The molecule has 0 aliphatic carbocycles. The predicted octanol–water partition coefficient (Wildman–Crippen LogP) is 3.78. The fraction of sp³-hybridized carbons (Fsp3) is 0.278. The lowest BCUT2D eigenvalue weighted by Crippen LogP contribution is -2.00. The molecule has 1 N–H and O–H groups in total. The van der Waals surface area contributed by atoms with E-state index in [1.54, 1.807) is 51.0 Å². The zero-order valence-electron chi connectivity index (χ0n) is 15.3. The Morgan fingerprint density at radius 1 is 1.04 bits per heavy atom. The number of methoxy groups -OCH3 is 3. The number of nitrogens with zero attached hydrogens (tertiary/aromatic N) is 3. The Kier molecular flexibility index (Phi) is 5.22. The second-order valence-corrected chi connectivity index (χ2v) is 6.70. The van der Waals surface area contributed by atoms with Gasteiger partial charge in [-0.3, -0.25) is 5.43 Å². The summed E-state index contributed by atoms with van der Waals surface area (Å²) in [6, 6.07) is 3.55. The maximum absolute atomic E-state index is 5.42. The molecule has 0 atom stereocenters. The number of hydrogen-bond acceptors (Lipinski definition) is 8. The van der Waals surface area contributed by atoms with Crippen LogP contribution in [0.25, 0.3) is 10.2 Å². The van der Waals surface area contributed by atoms with E-state index in [9.17, 15) is 0 Å². The van der Waals surface area contributed by atoms with E-state index in [1.165, 1.54) is 11.2 Å². The number of fused-ring (bicyclic) bond motifs is 1. The largest absolute Gasteiger partial charge is 0.496 e. The molecule has 0 aliphatic rings. The van der Waals surface area contributed by atoms with Crippen molar-refractivity contribution in [2.45, 2.75) is 13.8 Å². The summed E-state index contributed by atoms with van der Waals surface area (Å²) < 4.78 is 16.1. The third-order valence-corrected chi connectivity index (χ3v) is 5.20. The zero-order chi connectivity index (χ0) is 18.7. The molecule has 7 nitrogen and oxygen atoms in total. The third kappa shape index (κ3) is 3.28. The van der Waals surface area contributed by atoms with E-state index in [-0.39, 0.29) is 0 Å². The number of rotatable bonds is 6. The van der Waals surface area contributed by atoms with Crippen molar-refractivity contribution in [2.75, 3.05) is 26.8 Å². The van der Waals surface area contributed by atoms with E-state index >= 15 is 0 Å². The Morgan fingerprint density at radius 3 is 2.35 bits per heavy atom. The highest BCUT2D eigenvalue weighted by Gasteiger charge is 2.13. The first-order chi connectivity index (χ1) is 12.6. The molecule has 3 aromatic rings. The number of thiophene rings is 1. The number of aryl methyl sites for hydroxylation is 2. The van der Waals surface area contributed by atoms with E-state index in [0.717, 1.165) is 15.8 Å². The molecule has 0 saturated heterocycles. The van der Waals surface area contributed by atoms with Gasteiger partial charge in [-0.05, 0) is 19.4 Å². The SMILES string of the molecule is COc1cc(OC)c(/C=N\Nc2ncnc3sc(C)c(C)c23)c(OC)c1. The smallest absolute Gasteiger partial charge is 0.158 e. The van der Waals surface area contributed by atoms with E-state index in [1.807, 2.05) is 0 Å². The molecule has 0 bridgehead atoms. The summed E-state index contributed by atoms with van der Waals surface area (Å²) in [4.78, 5) is 10.8. The number of hydrazone groups is 1. The number of hydrogen-bond donors (Lipinski definition) is 1. The second kappa shape index (κ2) is 7.57. The lowest BCUT2D eigenvalue weighted by Gasteiger charge is -2.12. The first-order valence-electron chi connectivity index (χ1n) is 7.88. The van der Waals surface area contributed by atoms with Gasteiger partial charge in [0.2, 0.25) is 0 Å². The quantitative estimate of drug-likeness (QED) is 0.524. The van der Waals surface area contributed by atoms with Crippen molar-refractivity contribution >= 4 is 33.6 Å². The highest BCUT2D eigenvalue weighted by atomic mass is 32.1. The number of nitrogens with one attached hydrogen (secondary N) is 1. The lowest BCUT2D eigenvalue weighted by molar-refractivity contribution is 0.374. The average Bonchev–Trinajstić information content (AvgIpc) is 2.96. The Bertz CT molecular complexity index is 943. The molecule has 0 amide bonds. The van der Waals surface area contributed by atoms with Crippen LogP contribution in [0, 0.1) is 13.8 Å². The molecule has 136 valence electrons. The maximum atomic E-state index is 5.42. The van der Waals surface area contributed by atoms with Gasteiger partial charge in [-0.25, -0.2) is 9.97 Å². The van der Waals surface area contributed by atoms with Crippen molar-refractivity contribution in [3.8, 4) is 17.2 Å². The predicted molar refractivity (Wildman–Crippen MR) is 104 cm³/mol. The Morgan fingerprint density at radius 2 is 1.73 bits per heavy atom. The zero-order valence-corrected chi connectivity index (χ0v) is 16.1. The minimum Gasteiger partial charge on any atom is -0.496 e. The molecule has 0 radical (unpaired) electrons. The van der Waals surface area contributed by atoms with Gasteiger partial charge in [0.1, 0.15) is 28.4 Å². The van der Waals surface area contributed by atoms with Gasteiger partial charge in [-0.15, -0.1) is 11.3 Å². The summed E-state index contributed by atoms with van der Waals surface area (Å²) in [7, 11) is 4.77. The van der Waals surface area contributed by atoms with Crippen molar-refractivity contribution < 1.29 is 14.2 Å². The average molecular weight is 372 g/mol. The van der Waals surface area contributed by atoms with Crippen molar-refractivity contribution in [3.05, 3.63) is 34.5 Å². The van der Waals surface area contributed by atoms with Crippen LogP contribution in [0.15, 0.2) is 23.6 Å². The van der Waals surface area contributed by atoms with Crippen LogP contribution in [0.2, 0.25) is 0 Å². The Labute approximate surface area is 155 Å². The summed E-state index contributed by atoms with van der Waals surface area (Å²) in [5.74, 6) is 2.51. The molecule has 0 fully saturated rings. The van der Waals surface area contributed by atoms with Crippen LogP contribution in [0.1, 0.15) is 16.0 Å². The van der Waals surface area contributed by atoms with Gasteiger partial charge in [0.25, 0.3) is 0 Å². The fourth-order valence-corrected chi connectivity index (χ4v) is 3.58. The molecule has 0 spiro atoms. The van der Waals surface area contributed by atoms with Gasteiger partial charge < -0.3 is 14.2 Å². The molecular formula is C18H20N4O3S. The van der Waals surface area contributed by atoms with Gasteiger partial charge in [-0.1, -0.05) is 0 Å². The minimum absolute atomic E-state index is 0.599.